The second kappa shape index (κ2) is 15.0. The summed E-state index contributed by atoms with van der Waals surface area (Å²) in [5.74, 6) is -1.41. The topological polar surface area (TPSA) is 209 Å². The van der Waals surface area contributed by atoms with E-state index in [1.54, 1.807) is 62.4 Å². The van der Waals surface area contributed by atoms with Crippen LogP contribution in [0.5, 0.6) is 23.0 Å². The largest absolute Gasteiger partial charge is 0.593 e. The SMILES string of the molecule is CC[OH2+].CC[OH2+].O=C1c2ccccc2C(=[OH+])c2c([OH2+])ccc(O)c21.O=C1c2ccccc2C(=[OH+])c2c([OH2+])ccc(O)c21.[Ti]. The third-order valence-electron chi connectivity index (χ3n) is 6.15. The maximum atomic E-state index is 12.3. The van der Waals surface area contributed by atoms with E-state index in [0.29, 0.717) is 35.5 Å². The Labute approximate surface area is 261 Å². The molecule has 6 rings (SSSR count). The van der Waals surface area contributed by atoms with Crippen LogP contribution in [0, 0.1) is 0 Å². The molecule has 0 bridgehead atoms. The van der Waals surface area contributed by atoms with Gasteiger partial charge in [0.25, 0.3) is 11.5 Å². The summed E-state index contributed by atoms with van der Waals surface area (Å²) in [6.45, 7) is 4.58. The molecule has 220 valence electrons. The molecule has 0 aromatic heterocycles. The molecule has 0 atom stereocenters. The van der Waals surface area contributed by atoms with Gasteiger partial charge in [-0.1, -0.05) is 36.4 Å². The fraction of sp³-hybridized carbons (Fsp3) is 0.125. The molecule has 12 N–H and O–H groups in total. The number of rotatable bonds is 0. The third-order valence-corrected chi connectivity index (χ3v) is 6.15. The van der Waals surface area contributed by atoms with E-state index in [9.17, 15) is 29.4 Å². The molecule has 2 aliphatic rings. The van der Waals surface area contributed by atoms with Crippen LogP contribution in [0.25, 0.3) is 0 Å². The van der Waals surface area contributed by atoms with Crippen molar-refractivity contribution in [2.24, 2.45) is 0 Å². The molecule has 0 fully saturated rings. The normalized spacial score (nSPS) is 11.8. The van der Waals surface area contributed by atoms with Gasteiger partial charge in [0.1, 0.15) is 24.7 Å². The maximum absolute atomic E-state index is 12.3. The van der Waals surface area contributed by atoms with Crippen molar-refractivity contribution in [3.05, 3.63) is 117 Å². The number of aromatic hydroxyl groups is 2. The molecule has 2 aliphatic carbocycles. The standard InChI is InChI=1S/2C14H8O4.2C2H6O.Ti/c2*15-9-5-6-10(16)12-11(9)13(17)7-3-1-2-4-8(7)14(12)18;2*1-2-3;/h2*1-6,15-16H;2*3H,2H2,1H3;/p+6. The smallest absolute Gasteiger partial charge is 0.365 e. The van der Waals surface area contributed by atoms with Crippen molar-refractivity contribution >= 4 is 23.1 Å². The first-order valence-electron chi connectivity index (χ1n) is 12.9. The molecule has 4 aromatic carbocycles. The van der Waals surface area contributed by atoms with Crippen LogP contribution in [0.1, 0.15) is 67.9 Å². The molecule has 0 saturated heterocycles. The van der Waals surface area contributed by atoms with Crippen molar-refractivity contribution in [2.75, 3.05) is 13.2 Å². The fourth-order valence-electron chi connectivity index (χ4n) is 4.45. The van der Waals surface area contributed by atoms with Gasteiger partial charge >= 0.3 is 11.6 Å². The summed E-state index contributed by atoms with van der Waals surface area (Å²) in [6.07, 6.45) is 0. The molecule has 10 nitrogen and oxygen atoms in total. The minimum atomic E-state index is -0.370. The van der Waals surface area contributed by atoms with E-state index in [-0.39, 0.29) is 90.1 Å². The van der Waals surface area contributed by atoms with Gasteiger partial charge in [0.15, 0.2) is 22.7 Å². The van der Waals surface area contributed by atoms with Gasteiger partial charge in [0.05, 0.1) is 22.3 Å². The molecule has 0 radical (unpaired) electrons. The van der Waals surface area contributed by atoms with Gasteiger partial charge in [-0.25, -0.2) is 0 Å². The van der Waals surface area contributed by atoms with E-state index < -0.39 is 0 Å². The van der Waals surface area contributed by atoms with Crippen LogP contribution in [-0.4, -0.2) is 76.6 Å². The number of hydrogen-bond acceptors (Lipinski definition) is 4. The summed E-state index contributed by atoms with van der Waals surface area (Å²) in [4.78, 5) is 44.9. The summed E-state index contributed by atoms with van der Waals surface area (Å²) in [6, 6.07) is 18.5. The number of carbonyl (C=O) groups excluding carboxylic acids is 4. The van der Waals surface area contributed by atoms with E-state index in [0.717, 1.165) is 0 Å². The van der Waals surface area contributed by atoms with Gasteiger partial charge in [0.2, 0.25) is 0 Å². The Morgan fingerprint density at radius 2 is 0.837 bits per heavy atom. The van der Waals surface area contributed by atoms with Crippen molar-refractivity contribution in [1.29, 1.82) is 0 Å². The van der Waals surface area contributed by atoms with Crippen LogP contribution in [0.3, 0.4) is 0 Å². The van der Waals surface area contributed by atoms with Gasteiger partial charge in [0, 0.05) is 58.8 Å². The van der Waals surface area contributed by atoms with Crippen LogP contribution >= 0.6 is 0 Å². The third kappa shape index (κ3) is 6.74. The zero-order valence-electron chi connectivity index (χ0n) is 23.4. The second-order valence-electron chi connectivity index (χ2n) is 8.92. The predicted octanol–water partition coefficient (Wildman–Crippen LogP) is 2.09. The molecular formula is C32H34O10Ti+6. The van der Waals surface area contributed by atoms with Crippen molar-refractivity contribution < 1.29 is 71.5 Å². The number of carbonyl (C=O) groups is 2. The van der Waals surface area contributed by atoms with E-state index in [4.69, 9.17) is 20.4 Å². The van der Waals surface area contributed by atoms with Gasteiger partial charge in [-0.3, -0.25) is 19.2 Å². The Hall–Kier alpha value is -4.61. The molecule has 0 unspecified atom stereocenters. The first kappa shape index (κ1) is 34.6. The molecule has 0 amide bonds. The average Bonchev–Trinajstić information content (AvgIpc) is 2.98. The van der Waals surface area contributed by atoms with E-state index in [2.05, 4.69) is 0 Å². The summed E-state index contributed by atoms with van der Waals surface area (Å²) >= 11 is 0. The molecule has 0 heterocycles. The zero-order valence-corrected chi connectivity index (χ0v) is 25.0. The van der Waals surface area contributed by atoms with Crippen LogP contribution < -0.4 is 0 Å². The molecule has 4 aromatic rings. The number of ketones is 4. The predicted molar refractivity (Wildman–Crippen MR) is 161 cm³/mol. The molecule has 0 spiro atoms. The first-order valence-corrected chi connectivity index (χ1v) is 12.9. The van der Waals surface area contributed by atoms with Crippen LogP contribution in [0.2, 0.25) is 0 Å². The summed E-state index contributed by atoms with van der Waals surface area (Å²) in [7, 11) is 0. The number of fused-ring (bicyclic) bond motifs is 4. The Morgan fingerprint density at radius 3 is 1.14 bits per heavy atom. The summed E-state index contributed by atoms with van der Waals surface area (Å²) in [5, 5.41) is 47.5. The van der Waals surface area contributed by atoms with Crippen molar-refractivity contribution in [2.45, 2.75) is 13.8 Å². The van der Waals surface area contributed by atoms with Crippen molar-refractivity contribution in [3.8, 4) is 23.0 Å². The average molecular weight is 626 g/mol. The Morgan fingerprint density at radius 1 is 0.558 bits per heavy atom. The Kier molecular flexibility index (Phi) is 12.1. The molecule has 0 saturated carbocycles. The molecular weight excluding hydrogens is 592 g/mol. The number of phenols is 2. The van der Waals surface area contributed by atoms with Crippen LogP contribution in [0.4, 0.5) is 0 Å². The summed E-state index contributed by atoms with van der Waals surface area (Å²) in [5.41, 5.74) is 1.66. The minimum Gasteiger partial charge on any atom is -0.593 e. The summed E-state index contributed by atoms with van der Waals surface area (Å²) < 4.78 is 0. The number of benzene rings is 4. The van der Waals surface area contributed by atoms with Gasteiger partial charge in [-0.15, -0.1) is 0 Å². The quantitative estimate of drug-likeness (QED) is 0.192. The second-order valence-corrected chi connectivity index (χ2v) is 8.92. The van der Waals surface area contributed by atoms with Crippen LogP contribution in [0.15, 0.2) is 72.8 Å². The van der Waals surface area contributed by atoms with E-state index in [1.165, 1.54) is 24.3 Å². The first-order chi connectivity index (χ1) is 20.0. The van der Waals surface area contributed by atoms with Crippen molar-refractivity contribution in [3.63, 3.8) is 0 Å². The number of phenolic OH excluding ortho intramolecular Hbond substituents is 2. The zero-order chi connectivity index (χ0) is 31.1. The monoisotopic (exact) mass is 626 g/mol. The van der Waals surface area contributed by atoms with Gasteiger partial charge in [-0.2, -0.15) is 0 Å². The van der Waals surface area contributed by atoms with E-state index in [1.807, 2.05) is 0 Å². The Balaban J connectivity index is 0.000000249. The number of hydrogen-bond donors (Lipinski definition) is 2. The maximum Gasteiger partial charge on any atom is 0.365 e. The fourth-order valence-corrected chi connectivity index (χ4v) is 4.45. The molecule has 11 heteroatoms. The van der Waals surface area contributed by atoms with Gasteiger partial charge < -0.3 is 30.6 Å². The molecule has 0 aliphatic heterocycles. The Bertz CT molecular complexity index is 1450. The molecule has 43 heavy (non-hydrogen) atoms. The van der Waals surface area contributed by atoms with Crippen molar-refractivity contribution in [1.82, 2.24) is 0 Å². The van der Waals surface area contributed by atoms with E-state index >= 15 is 0 Å². The van der Waals surface area contributed by atoms with Crippen LogP contribution in [-0.2, 0) is 21.7 Å². The minimum absolute atomic E-state index is 0. The van der Waals surface area contributed by atoms with Gasteiger partial charge in [-0.05, 0) is 24.3 Å².